The van der Waals surface area contributed by atoms with Crippen molar-refractivity contribution in [1.82, 2.24) is 9.21 Å². The first-order valence-electron chi connectivity index (χ1n) is 12.5. The van der Waals surface area contributed by atoms with Gasteiger partial charge in [0.15, 0.2) is 0 Å². The van der Waals surface area contributed by atoms with E-state index in [9.17, 15) is 8.42 Å². The summed E-state index contributed by atoms with van der Waals surface area (Å²) in [7, 11) is -3.67. The Hall–Kier alpha value is -2.67. The number of hydrogen-bond donors (Lipinski definition) is 0. The molecule has 0 amide bonds. The van der Waals surface area contributed by atoms with Gasteiger partial charge in [-0.25, -0.2) is 8.42 Å². The third kappa shape index (κ3) is 7.66. The molecule has 6 heteroatoms. The SMILES string of the molecule is CCN(CC)CCCC(C)N(Cc1cccc(Oc2ccccc2)c1)S(=O)(=O)c1ccc(C)cc1. The van der Waals surface area contributed by atoms with Crippen LogP contribution in [0.4, 0.5) is 0 Å². The third-order valence-corrected chi connectivity index (χ3v) is 8.30. The van der Waals surface area contributed by atoms with Crippen molar-refractivity contribution in [2.75, 3.05) is 19.6 Å². The second-order valence-electron chi connectivity index (χ2n) is 8.94. The summed E-state index contributed by atoms with van der Waals surface area (Å²) < 4.78 is 35.1. The summed E-state index contributed by atoms with van der Waals surface area (Å²) in [6, 6.07) is 24.2. The molecule has 0 saturated carbocycles. The molecule has 1 unspecified atom stereocenters. The van der Waals surface area contributed by atoms with Gasteiger partial charge in [-0.05, 0) is 88.3 Å². The highest BCUT2D eigenvalue weighted by Crippen LogP contribution is 2.27. The van der Waals surface area contributed by atoms with E-state index in [0.717, 1.165) is 49.4 Å². The quantitative estimate of drug-likeness (QED) is 0.273. The Morgan fingerprint density at radius 3 is 2.17 bits per heavy atom. The van der Waals surface area contributed by atoms with Crippen LogP contribution in [0.5, 0.6) is 11.5 Å². The first kappa shape index (κ1) is 26.9. The third-order valence-electron chi connectivity index (χ3n) is 6.33. The molecule has 0 bridgehead atoms. The molecular weight excluding hydrogens is 456 g/mol. The summed E-state index contributed by atoms with van der Waals surface area (Å²) >= 11 is 0. The molecule has 0 radical (unpaired) electrons. The average Bonchev–Trinajstić information content (AvgIpc) is 2.86. The molecule has 188 valence electrons. The van der Waals surface area contributed by atoms with Gasteiger partial charge in [0.25, 0.3) is 0 Å². The van der Waals surface area contributed by atoms with E-state index in [0.29, 0.717) is 10.6 Å². The number of para-hydroxylation sites is 1. The highest BCUT2D eigenvalue weighted by molar-refractivity contribution is 7.89. The van der Waals surface area contributed by atoms with Gasteiger partial charge in [-0.1, -0.05) is 61.9 Å². The van der Waals surface area contributed by atoms with Crippen LogP contribution in [0.25, 0.3) is 0 Å². The minimum absolute atomic E-state index is 0.143. The fourth-order valence-electron chi connectivity index (χ4n) is 4.13. The van der Waals surface area contributed by atoms with Crippen molar-refractivity contribution in [2.24, 2.45) is 0 Å². The molecule has 1 atom stereocenters. The monoisotopic (exact) mass is 494 g/mol. The van der Waals surface area contributed by atoms with E-state index in [-0.39, 0.29) is 12.6 Å². The molecule has 0 saturated heterocycles. The molecule has 5 nitrogen and oxygen atoms in total. The summed E-state index contributed by atoms with van der Waals surface area (Å²) in [5.74, 6) is 1.44. The minimum Gasteiger partial charge on any atom is -0.457 e. The number of benzene rings is 3. The Balaban J connectivity index is 1.83. The van der Waals surface area contributed by atoms with Gasteiger partial charge in [-0.15, -0.1) is 0 Å². The average molecular weight is 495 g/mol. The van der Waals surface area contributed by atoms with Crippen LogP contribution < -0.4 is 4.74 Å². The van der Waals surface area contributed by atoms with E-state index in [1.807, 2.05) is 80.6 Å². The van der Waals surface area contributed by atoms with Crippen LogP contribution in [-0.4, -0.2) is 43.3 Å². The highest BCUT2D eigenvalue weighted by atomic mass is 32.2. The van der Waals surface area contributed by atoms with Crippen LogP contribution >= 0.6 is 0 Å². The summed E-state index contributed by atoms with van der Waals surface area (Å²) in [4.78, 5) is 2.70. The zero-order valence-corrected chi connectivity index (χ0v) is 22.2. The number of aryl methyl sites for hydroxylation is 1. The zero-order chi connectivity index (χ0) is 25.3. The molecule has 0 N–H and O–H groups in total. The first-order valence-corrected chi connectivity index (χ1v) is 13.9. The van der Waals surface area contributed by atoms with Gasteiger partial charge in [0, 0.05) is 12.6 Å². The van der Waals surface area contributed by atoms with Crippen molar-refractivity contribution in [3.05, 3.63) is 90.0 Å². The maximum atomic E-state index is 13.8. The lowest BCUT2D eigenvalue weighted by Gasteiger charge is -2.29. The molecule has 3 aromatic rings. The maximum absolute atomic E-state index is 13.8. The summed E-state index contributed by atoms with van der Waals surface area (Å²) in [5.41, 5.74) is 1.93. The van der Waals surface area contributed by atoms with Gasteiger partial charge >= 0.3 is 0 Å². The number of hydrogen-bond acceptors (Lipinski definition) is 4. The molecule has 35 heavy (non-hydrogen) atoms. The van der Waals surface area contributed by atoms with E-state index in [1.54, 1.807) is 16.4 Å². The standard InChI is InChI=1S/C29H38N2O3S/c1-5-30(6-2)21-11-12-25(4)31(35(32,33)29-19-17-24(3)18-20-29)23-26-13-10-16-28(22-26)34-27-14-8-7-9-15-27/h7-10,13-20,22,25H,5-6,11-12,21,23H2,1-4H3. The molecule has 0 aromatic heterocycles. The Bertz CT molecular complexity index is 1140. The molecule has 0 heterocycles. The molecule has 3 aromatic carbocycles. The number of rotatable bonds is 13. The predicted molar refractivity (Wildman–Crippen MR) is 143 cm³/mol. The van der Waals surface area contributed by atoms with Crippen molar-refractivity contribution in [3.63, 3.8) is 0 Å². The molecule has 0 aliphatic rings. The molecule has 0 aliphatic heterocycles. The van der Waals surface area contributed by atoms with E-state index in [2.05, 4.69) is 18.7 Å². The van der Waals surface area contributed by atoms with Gasteiger partial charge in [0.2, 0.25) is 10.0 Å². The minimum atomic E-state index is -3.67. The van der Waals surface area contributed by atoms with Gasteiger partial charge < -0.3 is 9.64 Å². The summed E-state index contributed by atoms with van der Waals surface area (Å²) in [6.07, 6.45) is 1.74. The van der Waals surface area contributed by atoms with Crippen molar-refractivity contribution in [3.8, 4) is 11.5 Å². The second-order valence-corrected chi connectivity index (χ2v) is 10.8. The van der Waals surface area contributed by atoms with Crippen LogP contribution in [0.1, 0.15) is 44.7 Å². The summed E-state index contributed by atoms with van der Waals surface area (Å²) in [6.45, 7) is 11.6. The van der Waals surface area contributed by atoms with Crippen molar-refractivity contribution < 1.29 is 13.2 Å². The van der Waals surface area contributed by atoms with Crippen molar-refractivity contribution >= 4 is 10.0 Å². The largest absolute Gasteiger partial charge is 0.457 e. The molecule has 0 spiro atoms. The van der Waals surface area contributed by atoms with Crippen LogP contribution in [0, 0.1) is 6.92 Å². The van der Waals surface area contributed by atoms with Crippen LogP contribution in [-0.2, 0) is 16.6 Å². The lowest BCUT2D eigenvalue weighted by molar-refractivity contribution is 0.265. The predicted octanol–water partition coefficient (Wildman–Crippen LogP) is 6.49. The van der Waals surface area contributed by atoms with E-state index >= 15 is 0 Å². The molecule has 3 rings (SSSR count). The lowest BCUT2D eigenvalue weighted by Crippen LogP contribution is -2.38. The smallest absolute Gasteiger partial charge is 0.243 e. The number of nitrogens with zero attached hydrogens (tertiary/aromatic N) is 2. The highest BCUT2D eigenvalue weighted by Gasteiger charge is 2.29. The fourth-order valence-corrected chi connectivity index (χ4v) is 5.78. The zero-order valence-electron chi connectivity index (χ0n) is 21.4. The maximum Gasteiger partial charge on any atom is 0.243 e. The van der Waals surface area contributed by atoms with Crippen molar-refractivity contribution in [2.45, 2.75) is 58.0 Å². The van der Waals surface area contributed by atoms with Crippen LogP contribution in [0.3, 0.4) is 0 Å². The van der Waals surface area contributed by atoms with E-state index in [4.69, 9.17) is 4.74 Å². The van der Waals surface area contributed by atoms with Gasteiger partial charge in [-0.3, -0.25) is 0 Å². The molecule has 0 fully saturated rings. The normalized spacial score (nSPS) is 12.7. The van der Waals surface area contributed by atoms with E-state index < -0.39 is 10.0 Å². The Morgan fingerprint density at radius 2 is 1.51 bits per heavy atom. The first-order chi connectivity index (χ1) is 16.8. The Kier molecular flexibility index (Phi) is 9.90. The van der Waals surface area contributed by atoms with Crippen LogP contribution in [0.15, 0.2) is 83.8 Å². The van der Waals surface area contributed by atoms with Gasteiger partial charge in [0.05, 0.1) is 4.90 Å². The summed E-state index contributed by atoms with van der Waals surface area (Å²) in [5, 5.41) is 0. The fraction of sp³-hybridized carbons (Fsp3) is 0.379. The van der Waals surface area contributed by atoms with Crippen molar-refractivity contribution in [1.29, 1.82) is 0 Å². The van der Waals surface area contributed by atoms with Gasteiger partial charge in [-0.2, -0.15) is 4.31 Å². The number of sulfonamides is 1. The van der Waals surface area contributed by atoms with E-state index in [1.165, 1.54) is 0 Å². The second kappa shape index (κ2) is 12.9. The number of ether oxygens (including phenoxy) is 1. The topological polar surface area (TPSA) is 49.9 Å². The Morgan fingerprint density at radius 1 is 0.857 bits per heavy atom. The Labute approximate surface area is 211 Å². The lowest BCUT2D eigenvalue weighted by atomic mass is 10.1. The van der Waals surface area contributed by atoms with Gasteiger partial charge in [0.1, 0.15) is 11.5 Å². The molecular formula is C29H38N2O3S. The molecule has 0 aliphatic carbocycles. The van der Waals surface area contributed by atoms with Crippen LogP contribution in [0.2, 0.25) is 0 Å².